The molecule has 1 N–H and O–H groups in total. The smallest absolute Gasteiger partial charge is 0.433 e. The first-order valence-corrected chi connectivity index (χ1v) is 13.9. The Morgan fingerprint density at radius 1 is 1.02 bits per heavy atom. The summed E-state index contributed by atoms with van der Waals surface area (Å²) in [5.41, 5.74) is 2.39. The molecule has 7 rings (SSSR count). The number of alkyl halides is 3. The zero-order valence-corrected chi connectivity index (χ0v) is 22.0. The first-order chi connectivity index (χ1) is 19.4. The van der Waals surface area contributed by atoms with Crippen LogP contribution in [0, 0.1) is 0 Å². The van der Waals surface area contributed by atoms with Gasteiger partial charge in [-0.15, -0.1) is 0 Å². The third kappa shape index (κ3) is 5.05. The van der Waals surface area contributed by atoms with Crippen LogP contribution in [0.5, 0.6) is 5.88 Å². The van der Waals surface area contributed by atoms with Gasteiger partial charge in [0, 0.05) is 55.1 Å². The minimum absolute atomic E-state index is 0.0857. The van der Waals surface area contributed by atoms with Crippen molar-refractivity contribution in [3.63, 3.8) is 0 Å². The Hall–Kier alpha value is -3.51. The molecule has 12 heteroatoms. The number of halogens is 3. The molecule has 6 heterocycles. The maximum absolute atomic E-state index is 13.5. The summed E-state index contributed by atoms with van der Waals surface area (Å²) in [6, 6.07) is 5.62. The average Bonchev–Trinajstić information content (AvgIpc) is 3.56. The predicted molar refractivity (Wildman–Crippen MR) is 142 cm³/mol. The van der Waals surface area contributed by atoms with E-state index in [-0.39, 0.29) is 12.0 Å². The first-order valence-electron chi connectivity index (χ1n) is 13.9. The Bertz CT molecular complexity index is 1480. The van der Waals surface area contributed by atoms with Gasteiger partial charge in [-0.25, -0.2) is 15.0 Å². The molecule has 0 amide bonds. The van der Waals surface area contributed by atoms with Gasteiger partial charge in [-0.2, -0.15) is 18.3 Å². The van der Waals surface area contributed by atoms with E-state index >= 15 is 0 Å². The van der Waals surface area contributed by atoms with E-state index in [0.29, 0.717) is 24.2 Å². The van der Waals surface area contributed by atoms with Gasteiger partial charge in [0.25, 0.3) is 0 Å². The third-order valence-corrected chi connectivity index (χ3v) is 8.48. The lowest BCUT2D eigenvalue weighted by molar-refractivity contribution is -0.141. The first kappa shape index (κ1) is 25.5. The van der Waals surface area contributed by atoms with Crippen LogP contribution < -0.4 is 4.74 Å². The lowest BCUT2D eigenvalue weighted by atomic mass is 9.84. The van der Waals surface area contributed by atoms with Crippen molar-refractivity contribution in [1.29, 1.82) is 0 Å². The summed E-state index contributed by atoms with van der Waals surface area (Å²) < 4.78 is 48.5. The van der Waals surface area contributed by atoms with Gasteiger partial charge < -0.3 is 9.72 Å². The minimum atomic E-state index is -4.49. The van der Waals surface area contributed by atoms with Crippen molar-refractivity contribution >= 4 is 11.0 Å². The molecule has 1 aliphatic carbocycles. The van der Waals surface area contributed by atoms with Crippen LogP contribution >= 0.6 is 0 Å². The second kappa shape index (κ2) is 10.2. The Morgan fingerprint density at radius 3 is 2.60 bits per heavy atom. The summed E-state index contributed by atoms with van der Waals surface area (Å²) in [5.74, 6) is 0.0857. The van der Waals surface area contributed by atoms with Gasteiger partial charge in [0.05, 0.1) is 17.9 Å². The van der Waals surface area contributed by atoms with Crippen molar-refractivity contribution in [2.75, 3.05) is 26.2 Å². The Balaban J connectivity index is 0.934. The molecule has 0 unspecified atom stereocenters. The van der Waals surface area contributed by atoms with Crippen molar-refractivity contribution in [2.45, 2.75) is 63.0 Å². The molecule has 0 spiro atoms. The van der Waals surface area contributed by atoms with Gasteiger partial charge in [0.15, 0.2) is 0 Å². The number of likely N-dealkylation sites (tertiary alicyclic amines) is 2. The molecule has 40 heavy (non-hydrogen) atoms. The molecule has 0 bridgehead atoms. The van der Waals surface area contributed by atoms with Gasteiger partial charge in [0.2, 0.25) is 5.88 Å². The zero-order valence-electron chi connectivity index (χ0n) is 22.0. The van der Waals surface area contributed by atoms with Crippen LogP contribution in [-0.4, -0.2) is 77.8 Å². The number of aromatic amines is 1. The van der Waals surface area contributed by atoms with E-state index in [1.165, 1.54) is 0 Å². The largest absolute Gasteiger partial charge is 0.474 e. The molecule has 0 aromatic carbocycles. The molecule has 4 aromatic rings. The summed E-state index contributed by atoms with van der Waals surface area (Å²) in [7, 11) is 0. The fourth-order valence-electron chi connectivity index (χ4n) is 6.02. The van der Waals surface area contributed by atoms with Crippen molar-refractivity contribution < 1.29 is 17.9 Å². The second-order valence-corrected chi connectivity index (χ2v) is 11.1. The number of piperidine rings is 1. The lowest BCUT2D eigenvalue weighted by Crippen LogP contribution is -2.50. The van der Waals surface area contributed by atoms with Crippen LogP contribution in [0.4, 0.5) is 13.2 Å². The topological polar surface area (TPSA) is 88.0 Å². The Labute approximate surface area is 229 Å². The number of hydrogen-bond acceptors (Lipinski definition) is 7. The fraction of sp³-hybridized carbons (Fsp3) is 0.500. The summed E-state index contributed by atoms with van der Waals surface area (Å²) in [5, 5.41) is 5.60. The number of aromatic nitrogens is 6. The number of H-pyrrole nitrogens is 1. The quantitative estimate of drug-likeness (QED) is 0.356. The number of pyridine rings is 1. The van der Waals surface area contributed by atoms with Crippen molar-refractivity contribution in [1.82, 2.24) is 39.5 Å². The molecular weight excluding hydrogens is 521 g/mol. The molecule has 210 valence electrons. The molecule has 2 saturated heterocycles. The van der Waals surface area contributed by atoms with Crippen LogP contribution in [0.15, 0.2) is 43.1 Å². The van der Waals surface area contributed by atoms with Crippen LogP contribution in [0.3, 0.4) is 0 Å². The molecular formula is C28H31F3N8O. The van der Waals surface area contributed by atoms with Gasteiger partial charge in [0.1, 0.15) is 23.8 Å². The normalized spacial score (nSPS) is 22.8. The molecule has 9 nitrogen and oxygen atoms in total. The van der Waals surface area contributed by atoms with Gasteiger partial charge >= 0.3 is 6.18 Å². The summed E-state index contributed by atoms with van der Waals surface area (Å²) >= 11 is 0. The van der Waals surface area contributed by atoms with Crippen molar-refractivity contribution in [3.8, 4) is 17.1 Å². The number of ether oxygens (including phenoxy) is 1. The average molecular weight is 553 g/mol. The summed E-state index contributed by atoms with van der Waals surface area (Å²) in [4.78, 5) is 20.3. The highest BCUT2D eigenvalue weighted by Gasteiger charge is 2.38. The number of nitrogens with zero attached hydrogens (tertiary/aromatic N) is 7. The van der Waals surface area contributed by atoms with Crippen LogP contribution in [0.1, 0.15) is 49.4 Å². The number of rotatable bonds is 7. The van der Waals surface area contributed by atoms with Crippen LogP contribution in [-0.2, 0) is 12.7 Å². The Morgan fingerprint density at radius 2 is 1.85 bits per heavy atom. The third-order valence-electron chi connectivity index (χ3n) is 8.48. The van der Waals surface area contributed by atoms with Crippen LogP contribution in [0.2, 0.25) is 0 Å². The number of nitrogens with one attached hydrogen (secondary N) is 1. The highest BCUT2D eigenvalue weighted by atomic mass is 19.4. The standard InChI is InChI=1S/C28H31F3N8O/c29-28(30,31)24-10-18(15-37-6-1-7-37)11-25(36-24)40-22-3-8-38(9-4-22)20-12-21(13-20)39-16-19(14-35-39)26-23-2-5-32-27(23)34-17-33-26/h2,5,10-11,14,16-17,20-22H,1,3-4,6-9,12-13,15H2,(H,32,33,34). The fourth-order valence-corrected chi connectivity index (χ4v) is 6.02. The maximum atomic E-state index is 13.5. The summed E-state index contributed by atoms with van der Waals surface area (Å²) in [6.45, 7) is 4.05. The summed E-state index contributed by atoms with van der Waals surface area (Å²) in [6.07, 6.45) is 7.39. The molecule has 3 fully saturated rings. The molecule has 0 radical (unpaired) electrons. The molecule has 0 atom stereocenters. The van der Waals surface area contributed by atoms with E-state index in [0.717, 1.165) is 86.6 Å². The van der Waals surface area contributed by atoms with Crippen molar-refractivity contribution in [3.05, 3.63) is 54.4 Å². The highest BCUT2D eigenvalue weighted by Crippen LogP contribution is 2.38. The van der Waals surface area contributed by atoms with E-state index in [1.807, 2.05) is 23.1 Å². The Kier molecular flexibility index (Phi) is 6.46. The monoisotopic (exact) mass is 552 g/mol. The van der Waals surface area contributed by atoms with Gasteiger partial charge in [-0.1, -0.05) is 0 Å². The second-order valence-electron chi connectivity index (χ2n) is 11.1. The van der Waals surface area contributed by atoms with Crippen molar-refractivity contribution in [2.24, 2.45) is 0 Å². The van der Waals surface area contributed by atoms with E-state index in [2.05, 4.69) is 41.0 Å². The zero-order chi connectivity index (χ0) is 27.3. The van der Waals surface area contributed by atoms with Gasteiger partial charge in [-0.3, -0.25) is 14.5 Å². The lowest BCUT2D eigenvalue weighted by Gasteiger charge is -2.45. The minimum Gasteiger partial charge on any atom is -0.474 e. The number of hydrogen-bond donors (Lipinski definition) is 1. The molecule has 3 aliphatic rings. The van der Waals surface area contributed by atoms with E-state index in [1.54, 1.807) is 12.4 Å². The molecule has 4 aromatic heterocycles. The highest BCUT2D eigenvalue weighted by molar-refractivity contribution is 5.89. The van der Waals surface area contributed by atoms with E-state index in [9.17, 15) is 13.2 Å². The maximum Gasteiger partial charge on any atom is 0.433 e. The van der Waals surface area contributed by atoms with Gasteiger partial charge in [-0.05, 0) is 62.9 Å². The van der Waals surface area contributed by atoms with Crippen LogP contribution in [0.25, 0.3) is 22.3 Å². The SMILES string of the molecule is FC(F)(F)c1cc(CN2CCC2)cc(OC2CCN(C3CC(n4cc(-c5ncnc6[nH]ccc56)cn4)C3)CC2)n1. The van der Waals surface area contributed by atoms with E-state index in [4.69, 9.17) is 4.74 Å². The predicted octanol–water partition coefficient (Wildman–Crippen LogP) is 4.69. The molecule has 2 aliphatic heterocycles. The number of fused-ring (bicyclic) bond motifs is 1. The molecule has 1 saturated carbocycles. The van der Waals surface area contributed by atoms with E-state index < -0.39 is 11.9 Å².